The van der Waals surface area contributed by atoms with E-state index in [0.717, 1.165) is 12.1 Å². The summed E-state index contributed by atoms with van der Waals surface area (Å²) in [6.07, 6.45) is 3.36. The van der Waals surface area contributed by atoms with E-state index in [2.05, 4.69) is 9.82 Å². The van der Waals surface area contributed by atoms with Gasteiger partial charge in [0.15, 0.2) is 0 Å². The average molecular weight is 312 g/mol. The molecule has 1 heterocycles. The Hall–Kier alpha value is -1.93. The Morgan fingerprint density at radius 2 is 2.19 bits per heavy atom. The summed E-state index contributed by atoms with van der Waals surface area (Å²) < 4.78 is 42.1. The number of halogens is 1. The van der Waals surface area contributed by atoms with Crippen LogP contribution >= 0.6 is 0 Å². The van der Waals surface area contributed by atoms with E-state index in [1.54, 1.807) is 30.1 Å². The van der Waals surface area contributed by atoms with Gasteiger partial charge >= 0.3 is 0 Å². The van der Waals surface area contributed by atoms with Crippen LogP contribution in [0.25, 0.3) is 0 Å². The van der Waals surface area contributed by atoms with Crippen LogP contribution in [0, 0.1) is 12.7 Å². The molecule has 2 aromatic rings. The number of anilines is 1. The van der Waals surface area contributed by atoms with Gasteiger partial charge in [-0.15, -0.1) is 0 Å². The fourth-order valence-electron chi connectivity index (χ4n) is 2.01. The van der Waals surface area contributed by atoms with Crippen molar-refractivity contribution in [3.05, 3.63) is 42.0 Å². The molecule has 0 saturated heterocycles. The number of aryl methyl sites for hydroxylation is 1. The third kappa shape index (κ3) is 3.59. The standard InChI is InChI=1S/C13H17FN4O2S/c1-9-6-11(14)12(15)7-13(9)21(19,20)17-10(2)8-18-5-3-4-16-18/h3-7,10,17H,8,15H2,1-2H3. The summed E-state index contributed by atoms with van der Waals surface area (Å²) >= 11 is 0. The minimum atomic E-state index is -3.77. The van der Waals surface area contributed by atoms with Crippen molar-refractivity contribution in [2.24, 2.45) is 0 Å². The molecule has 1 aromatic heterocycles. The predicted octanol–water partition coefficient (Wildman–Crippen LogP) is 1.28. The lowest BCUT2D eigenvalue weighted by Gasteiger charge is -2.16. The van der Waals surface area contributed by atoms with E-state index in [4.69, 9.17) is 5.73 Å². The Morgan fingerprint density at radius 1 is 1.48 bits per heavy atom. The minimum Gasteiger partial charge on any atom is -0.396 e. The number of sulfonamides is 1. The topological polar surface area (TPSA) is 90.0 Å². The van der Waals surface area contributed by atoms with Crippen LogP contribution in [-0.4, -0.2) is 24.2 Å². The Morgan fingerprint density at radius 3 is 2.81 bits per heavy atom. The van der Waals surface area contributed by atoms with Gasteiger partial charge in [-0.3, -0.25) is 4.68 Å². The van der Waals surface area contributed by atoms with Crippen LogP contribution < -0.4 is 10.5 Å². The van der Waals surface area contributed by atoms with Crippen LogP contribution in [0.4, 0.5) is 10.1 Å². The molecule has 8 heteroatoms. The van der Waals surface area contributed by atoms with Gasteiger partial charge in [0.25, 0.3) is 0 Å². The SMILES string of the molecule is Cc1cc(F)c(N)cc1S(=O)(=O)NC(C)Cn1cccn1. The van der Waals surface area contributed by atoms with Crippen molar-refractivity contribution in [3.63, 3.8) is 0 Å². The summed E-state index contributed by atoms with van der Waals surface area (Å²) in [6, 6.07) is 3.63. The molecule has 0 aliphatic rings. The van der Waals surface area contributed by atoms with Crippen molar-refractivity contribution in [1.82, 2.24) is 14.5 Å². The Kier molecular flexibility index (Phi) is 4.29. The summed E-state index contributed by atoms with van der Waals surface area (Å²) in [4.78, 5) is -0.0197. The lowest BCUT2D eigenvalue weighted by Crippen LogP contribution is -2.36. The summed E-state index contributed by atoms with van der Waals surface area (Å²) in [7, 11) is -3.77. The highest BCUT2D eigenvalue weighted by Crippen LogP contribution is 2.21. The molecular weight excluding hydrogens is 295 g/mol. The van der Waals surface area contributed by atoms with E-state index in [1.165, 1.54) is 6.92 Å². The van der Waals surface area contributed by atoms with E-state index < -0.39 is 15.8 Å². The Labute approximate surface area is 122 Å². The zero-order valence-electron chi connectivity index (χ0n) is 11.7. The molecule has 0 aliphatic heterocycles. The summed E-state index contributed by atoms with van der Waals surface area (Å²) in [5.41, 5.74) is 5.56. The maximum Gasteiger partial charge on any atom is 0.241 e. The number of nitrogen functional groups attached to an aromatic ring is 1. The molecule has 1 atom stereocenters. The zero-order valence-corrected chi connectivity index (χ0v) is 12.6. The Balaban J connectivity index is 2.20. The van der Waals surface area contributed by atoms with Crippen LogP contribution in [0.15, 0.2) is 35.5 Å². The fraction of sp³-hybridized carbons (Fsp3) is 0.308. The molecule has 0 fully saturated rings. The number of rotatable bonds is 5. The quantitative estimate of drug-likeness (QED) is 0.814. The fourth-order valence-corrected chi connectivity index (χ4v) is 3.51. The number of nitrogens with zero attached hydrogens (tertiary/aromatic N) is 2. The largest absolute Gasteiger partial charge is 0.396 e. The first-order chi connectivity index (χ1) is 9.79. The first kappa shape index (κ1) is 15.5. The van der Waals surface area contributed by atoms with Crippen molar-refractivity contribution < 1.29 is 12.8 Å². The summed E-state index contributed by atoms with van der Waals surface area (Å²) in [6.45, 7) is 3.64. The number of hydrogen-bond donors (Lipinski definition) is 2. The lowest BCUT2D eigenvalue weighted by atomic mass is 10.2. The second-order valence-corrected chi connectivity index (χ2v) is 6.57. The van der Waals surface area contributed by atoms with E-state index >= 15 is 0 Å². The van der Waals surface area contributed by atoms with Gasteiger partial charge in [0.1, 0.15) is 5.82 Å². The Bertz CT molecular complexity index is 729. The molecule has 2 rings (SSSR count). The van der Waals surface area contributed by atoms with Gasteiger partial charge < -0.3 is 5.73 Å². The van der Waals surface area contributed by atoms with Crippen LogP contribution in [0.3, 0.4) is 0 Å². The van der Waals surface area contributed by atoms with E-state index in [0.29, 0.717) is 12.1 Å². The highest BCUT2D eigenvalue weighted by molar-refractivity contribution is 7.89. The van der Waals surface area contributed by atoms with Crippen molar-refractivity contribution in [2.45, 2.75) is 31.3 Å². The first-order valence-electron chi connectivity index (χ1n) is 6.35. The molecular formula is C13H17FN4O2S. The van der Waals surface area contributed by atoms with Crippen molar-refractivity contribution >= 4 is 15.7 Å². The summed E-state index contributed by atoms with van der Waals surface area (Å²) in [5.74, 6) is -0.629. The molecule has 114 valence electrons. The first-order valence-corrected chi connectivity index (χ1v) is 7.83. The molecule has 0 radical (unpaired) electrons. The van der Waals surface area contributed by atoms with Crippen molar-refractivity contribution in [3.8, 4) is 0 Å². The molecule has 0 spiro atoms. The second-order valence-electron chi connectivity index (χ2n) is 4.89. The normalized spacial score (nSPS) is 13.3. The number of hydrogen-bond acceptors (Lipinski definition) is 4. The van der Waals surface area contributed by atoms with Crippen LogP contribution in [-0.2, 0) is 16.6 Å². The van der Waals surface area contributed by atoms with Gasteiger partial charge in [0.2, 0.25) is 10.0 Å². The molecule has 0 saturated carbocycles. The molecule has 1 unspecified atom stereocenters. The number of aromatic nitrogens is 2. The van der Waals surface area contributed by atoms with Gasteiger partial charge in [0, 0.05) is 18.4 Å². The van der Waals surface area contributed by atoms with Crippen LogP contribution in [0.2, 0.25) is 0 Å². The van der Waals surface area contributed by atoms with Gasteiger partial charge in [-0.25, -0.2) is 17.5 Å². The molecule has 6 nitrogen and oxygen atoms in total. The lowest BCUT2D eigenvalue weighted by molar-refractivity contribution is 0.493. The monoisotopic (exact) mass is 312 g/mol. The van der Waals surface area contributed by atoms with Crippen molar-refractivity contribution in [2.75, 3.05) is 5.73 Å². The maximum atomic E-state index is 13.3. The third-order valence-corrected chi connectivity index (χ3v) is 4.69. The average Bonchev–Trinajstić information content (AvgIpc) is 2.85. The molecule has 0 bridgehead atoms. The van der Waals surface area contributed by atoms with E-state index in [9.17, 15) is 12.8 Å². The molecule has 0 amide bonds. The van der Waals surface area contributed by atoms with Gasteiger partial charge in [0.05, 0.1) is 17.1 Å². The summed E-state index contributed by atoms with van der Waals surface area (Å²) in [5, 5.41) is 4.01. The number of nitrogens with two attached hydrogens (primary N) is 1. The number of benzene rings is 1. The molecule has 1 aromatic carbocycles. The third-order valence-electron chi connectivity index (χ3n) is 2.96. The maximum absolute atomic E-state index is 13.3. The minimum absolute atomic E-state index is 0.0197. The van der Waals surface area contributed by atoms with Crippen LogP contribution in [0.5, 0.6) is 0 Å². The van der Waals surface area contributed by atoms with Crippen LogP contribution in [0.1, 0.15) is 12.5 Å². The van der Waals surface area contributed by atoms with E-state index in [-0.39, 0.29) is 16.6 Å². The van der Waals surface area contributed by atoms with Gasteiger partial charge in [-0.2, -0.15) is 5.10 Å². The second kappa shape index (κ2) is 5.82. The molecule has 21 heavy (non-hydrogen) atoms. The number of nitrogens with one attached hydrogen (secondary N) is 1. The van der Waals surface area contributed by atoms with Crippen molar-refractivity contribution in [1.29, 1.82) is 0 Å². The predicted molar refractivity (Wildman–Crippen MR) is 77.6 cm³/mol. The van der Waals surface area contributed by atoms with E-state index in [1.807, 2.05) is 0 Å². The molecule has 0 aliphatic carbocycles. The molecule has 3 N–H and O–H groups in total. The highest BCUT2D eigenvalue weighted by Gasteiger charge is 2.21. The highest BCUT2D eigenvalue weighted by atomic mass is 32.2. The zero-order chi connectivity index (χ0) is 15.6. The smallest absolute Gasteiger partial charge is 0.241 e. The van der Waals surface area contributed by atoms with Gasteiger partial charge in [-0.1, -0.05) is 0 Å². The van der Waals surface area contributed by atoms with Gasteiger partial charge in [-0.05, 0) is 37.6 Å².